The van der Waals surface area contributed by atoms with Gasteiger partial charge in [-0.05, 0) is 18.9 Å². The lowest BCUT2D eigenvalue weighted by atomic mass is 10.1. The first-order valence-corrected chi connectivity index (χ1v) is 6.58. The second-order valence-corrected chi connectivity index (χ2v) is 4.22. The first-order valence-electron chi connectivity index (χ1n) is 5.18. The molecule has 1 aromatic rings. The lowest BCUT2D eigenvalue weighted by Crippen LogP contribution is -2.23. The molecule has 0 heterocycles. The monoisotopic (exact) mass is 225 g/mol. The molecule has 2 nitrogen and oxygen atoms in total. The Morgan fingerprint density at radius 2 is 2.13 bits per heavy atom. The van der Waals surface area contributed by atoms with Crippen LogP contribution in [0, 0.1) is 0 Å². The average molecular weight is 225 g/mol. The van der Waals surface area contributed by atoms with Gasteiger partial charge in [-0.3, -0.25) is 0 Å². The van der Waals surface area contributed by atoms with Gasteiger partial charge in [0, 0.05) is 17.4 Å². The number of hydrogen-bond donors (Lipinski definition) is 1. The molecule has 0 fully saturated rings. The van der Waals surface area contributed by atoms with E-state index in [-0.39, 0.29) is 0 Å². The van der Waals surface area contributed by atoms with E-state index in [1.807, 2.05) is 23.9 Å². The maximum Gasteiger partial charge on any atom is 0.123 e. The summed E-state index contributed by atoms with van der Waals surface area (Å²) in [7, 11) is 1.72. The van der Waals surface area contributed by atoms with E-state index in [1.54, 1.807) is 7.11 Å². The third kappa shape index (κ3) is 3.43. The fourth-order valence-corrected chi connectivity index (χ4v) is 2.26. The molecular weight excluding hydrogens is 206 g/mol. The van der Waals surface area contributed by atoms with Gasteiger partial charge in [-0.25, -0.2) is 0 Å². The molecule has 0 aromatic heterocycles. The fraction of sp³-hybridized carbons (Fsp3) is 0.500. The zero-order valence-electron chi connectivity index (χ0n) is 9.62. The summed E-state index contributed by atoms with van der Waals surface area (Å²) < 4.78 is 5.37. The highest BCUT2D eigenvalue weighted by Gasteiger charge is 2.13. The molecule has 15 heavy (non-hydrogen) atoms. The molecular formula is C12H19NOS. The van der Waals surface area contributed by atoms with Crippen molar-refractivity contribution < 1.29 is 4.74 Å². The number of benzene rings is 1. The van der Waals surface area contributed by atoms with E-state index in [0.29, 0.717) is 6.04 Å². The van der Waals surface area contributed by atoms with Gasteiger partial charge in [0.1, 0.15) is 5.75 Å². The molecule has 0 aliphatic carbocycles. The van der Waals surface area contributed by atoms with Crippen molar-refractivity contribution in [3.63, 3.8) is 0 Å². The lowest BCUT2D eigenvalue weighted by molar-refractivity contribution is 0.403. The van der Waals surface area contributed by atoms with Gasteiger partial charge in [-0.2, -0.15) is 11.8 Å². The van der Waals surface area contributed by atoms with E-state index >= 15 is 0 Å². The summed E-state index contributed by atoms with van der Waals surface area (Å²) >= 11 is 1.85. The minimum Gasteiger partial charge on any atom is -0.496 e. The predicted molar refractivity (Wildman–Crippen MR) is 67.8 cm³/mol. The molecule has 0 amide bonds. The van der Waals surface area contributed by atoms with Crippen molar-refractivity contribution in [2.24, 2.45) is 0 Å². The standard InChI is InChI=1S/C12H19NOS/c1-4-13-11(9-15-3)10-7-5-6-8-12(10)14-2/h5-8,11,13H,4,9H2,1-3H3. The zero-order valence-corrected chi connectivity index (χ0v) is 10.4. The van der Waals surface area contributed by atoms with Crippen molar-refractivity contribution in [3.8, 4) is 5.75 Å². The van der Waals surface area contributed by atoms with Gasteiger partial charge in [-0.15, -0.1) is 0 Å². The third-order valence-electron chi connectivity index (χ3n) is 2.30. The molecule has 1 rings (SSSR count). The third-order valence-corrected chi connectivity index (χ3v) is 2.96. The normalized spacial score (nSPS) is 12.5. The molecule has 0 saturated carbocycles. The highest BCUT2D eigenvalue weighted by molar-refractivity contribution is 7.98. The van der Waals surface area contributed by atoms with E-state index in [9.17, 15) is 0 Å². The molecule has 0 aliphatic rings. The van der Waals surface area contributed by atoms with Gasteiger partial charge >= 0.3 is 0 Å². The van der Waals surface area contributed by atoms with Crippen molar-refractivity contribution in [3.05, 3.63) is 29.8 Å². The summed E-state index contributed by atoms with van der Waals surface area (Å²) in [4.78, 5) is 0. The highest BCUT2D eigenvalue weighted by Crippen LogP contribution is 2.26. The van der Waals surface area contributed by atoms with Crippen LogP contribution >= 0.6 is 11.8 Å². The number of nitrogens with one attached hydrogen (secondary N) is 1. The summed E-state index contributed by atoms with van der Waals surface area (Å²) in [6.45, 7) is 3.10. The second kappa shape index (κ2) is 6.75. The van der Waals surface area contributed by atoms with Gasteiger partial charge in [0.2, 0.25) is 0 Å². The minimum absolute atomic E-state index is 0.376. The first-order chi connectivity index (χ1) is 7.33. The molecule has 0 radical (unpaired) electrons. The Balaban J connectivity index is 2.88. The second-order valence-electron chi connectivity index (χ2n) is 3.31. The van der Waals surface area contributed by atoms with Crippen LogP contribution in [0.4, 0.5) is 0 Å². The van der Waals surface area contributed by atoms with Crippen molar-refractivity contribution >= 4 is 11.8 Å². The van der Waals surface area contributed by atoms with Gasteiger partial charge in [0.05, 0.1) is 7.11 Å². The maximum absolute atomic E-state index is 5.37. The van der Waals surface area contributed by atoms with Gasteiger partial charge in [0.15, 0.2) is 0 Å². The largest absolute Gasteiger partial charge is 0.496 e. The van der Waals surface area contributed by atoms with Crippen LogP contribution in [-0.2, 0) is 0 Å². The van der Waals surface area contributed by atoms with Crippen LogP contribution < -0.4 is 10.1 Å². The molecule has 84 valence electrons. The van der Waals surface area contributed by atoms with Gasteiger partial charge < -0.3 is 10.1 Å². The number of thioether (sulfide) groups is 1. The molecule has 0 spiro atoms. The SMILES string of the molecule is CCNC(CSC)c1ccccc1OC. The average Bonchev–Trinajstić information content (AvgIpc) is 2.29. The summed E-state index contributed by atoms with van der Waals surface area (Å²) in [5.74, 6) is 2.03. The predicted octanol–water partition coefficient (Wildman–Crippen LogP) is 2.71. The van der Waals surface area contributed by atoms with E-state index in [2.05, 4.69) is 30.6 Å². The Labute approximate surface area is 96.4 Å². The summed E-state index contributed by atoms with van der Waals surface area (Å²) in [6, 6.07) is 8.58. The smallest absolute Gasteiger partial charge is 0.123 e. The zero-order chi connectivity index (χ0) is 11.1. The molecule has 0 aliphatic heterocycles. The molecule has 1 atom stereocenters. The van der Waals surface area contributed by atoms with Gasteiger partial charge in [0.25, 0.3) is 0 Å². The summed E-state index contributed by atoms with van der Waals surface area (Å²) in [5, 5.41) is 3.47. The molecule has 1 N–H and O–H groups in total. The quantitative estimate of drug-likeness (QED) is 0.804. The summed E-state index contributed by atoms with van der Waals surface area (Å²) in [6.07, 6.45) is 2.12. The van der Waals surface area contributed by atoms with Crippen molar-refractivity contribution in [1.29, 1.82) is 0 Å². The molecule has 1 unspecified atom stereocenters. The Morgan fingerprint density at radius 1 is 1.40 bits per heavy atom. The number of methoxy groups -OCH3 is 1. The lowest BCUT2D eigenvalue weighted by Gasteiger charge is -2.19. The Bertz CT molecular complexity index is 285. The number of rotatable bonds is 6. The summed E-state index contributed by atoms with van der Waals surface area (Å²) in [5.41, 5.74) is 1.25. The fourth-order valence-electron chi connectivity index (χ4n) is 1.63. The van der Waals surface area contributed by atoms with Crippen LogP contribution in [0.3, 0.4) is 0 Å². The highest BCUT2D eigenvalue weighted by atomic mass is 32.2. The number of para-hydroxylation sites is 1. The Hall–Kier alpha value is -0.670. The van der Waals surface area contributed by atoms with E-state index in [1.165, 1.54) is 5.56 Å². The molecule has 3 heteroatoms. The van der Waals surface area contributed by atoms with Crippen LogP contribution in [-0.4, -0.2) is 25.7 Å². The Kier molecular flexibility index (Phi) is 5.58. The molecule has 1 aromatic carbocycles. The van der Waals surface area contributed by atoms with Gasteiger partial charge in [-0.1, -0.05) is 25.1 Å². The van der Waals surface area contributed by atoms with E-state index in [0.717, 1.165) is 18.0 Å². The molecule has 0 bridgehead atoms. The van der Waals surface area contributed by atoms with Crippen LogP contribution in [0.5, 0.6) is 5.75 Å². The minimum atomic E-state index is 0.376. The van der Waals surface area contributed by atoms with Crippen molar-refractivity contribution in [2.75, 3.05) is 25.7 Å². The maximum atomic E-state index is 5.37. The van der Waals surface area contributed by atoms with E-state index < -0.39 is 0 Å². The van der Waals surface area contributed by atoms with Crippen LogP contribution in [0.15, 0.2) is 24.3 Å². The van der Waals surface area contributed by atoms with Crippen molar-refractivity contribution in [1.82, 2.24) is 5.32 Å². The topological polar surface area (TPSA) is 21.3 Å². The Morgan fingerprint density at radius 3 is 2.73 bits per heavy atom. The first kappa shape index (κ1) is 12.4. The van der Waals surface area contributed by atoms with E-state index in [4.69, 9.17) is 4.74 Å². The molecule has 0 saturated heterocycles. The van der Waals surface area contributed by atoms with Crippen LogP contribution in [0.25, 0.3) is 0 Å². The van der Waals surface area contributed by atoms with Crippen LogP contribution in [0.2, 0.25) is 0 Å². The number of ether oxygens (including phenoxy) is 1. The van der Waals surface area contributed by atoms with Crippen LogP contribution in [0.1, 0.15) is 18.5 Å². The number of hydrogen-bond acceptors (Lipinski definition) is 3. The van der Waals surface area contributed by atoms with Crippen molar-refractivity contribution in [2.45, 2.75) is 13.0 Å².